The van der Waals surface area contributed by atoms with Crippen molar-refractivity contribution >= 4 is 22.9 Å². The standard InChI is InChI=1S/C24H31FN6O2/c1-7-17-13-31(19-10-18(25)8-9-26-19)22-20(17)21(27-14-28-22)29-11-16(3)30(12-15(29)2)23(32)33-24(4,5)6/h8-10,13-16H,7,11-12H2,1-6H3/t15-,16+/m0/s1. The van der Waals surface area contributed by atoms with Gasteiger partial charge in [0.25, 0.3) is 0 Å². The molecular weight excluding hydrogens is 423 g/mol. The molecule has 1 amide bonds. The van der Waals surface area contributed by atoms with E-state index in [0.29, 0.717) is 24.6 Å². The fourth-order valence-corrected chi connectivity index (χ4v) is 4.30. The van der Waals surface area contributed by atoms with Crippen LogP contribution in [-0.2, 0) is 11.2 Å². The predicted octanol–water partition coefficient (Wildman–Crippen LogP) is 4.35. The third kappa shape index (κ3) is 4.49. The van der Waals surface area contributed by atoms with E-state index in [1.54, 1.807) is 4.90 Å². The second-order valence-corrected chi connectivity index (χ2v) is 9.59. The third-order valence-electron chi connectivity index (χ3n) is 5.86. The van der Waals surface area contributed by atoms with Crippen molar-refractivity contribution in [1.82, 2.24) is 24.4 Å². The van der Waals surface area contributed by atoms with E-state index in [0.717, 1.165) is 23.2 Å². The zero-order valence-electron chi connectivity index (χ0n) is 20.0. The summed E-state index contributed by atoms with van der Waals surface area (Å²) in [5, 5.41) is 0.927. The summed E-state index contributed by atoms with van der Waals surface area (Å²) in [6, 6.07) is 2.68. The van der Waals surface area contributed by atoms with Crippen LogP contribution in [0.2, 0.25) is 0 Å². The van der Waals surface area contributed by atoms with Crippen LogP contribution >= 0.6 is 0 Å². The normalized spacial score (nSPS) is 19.2. The van der Waals surface area contributed by atoms with Crippen LogP contribution in [0, 0.1) is 5.82 Å². The molecule has 4 rings (SSSR count). The maximum atomic E-state index is 13.9. The molecule has 3 aromatic heterocycles. The van der Waals surface area contributed by atoms with Gasteiger partial charge in [-0.25, -0.2) is 24.1 Å². The zero-order chi connectivity index (χ0) is 23.9. The van der Waals surface area contributed by atoms with Crippen molar-refractivity contribution in [2.45, 2.75) is 65.6 Å². The average molecular weight is 455 g/mol. The topological polar surface area (TPSA) is 76.4 Å². The Morgan fingerprint density at radius 1 is 1.18 bits per heavy atom. The molecule has 0 saturated carbocycles. The lowest BCUT2D eigenvalue weighted by molar-refractivity contribution is 0.0130. The number of rotatable bonds is 3. The van der Waals surface area contributed by atoms with Crippen molar-refractivity contribution in [3.05, 3.63) is 42.2 Å². The van der Waals surface area contributed by atoms with E-state index in [1.165, 1.54) is 24.7 Å². The van der Waals surface area contributed by atoms with Crippen LogP contribution in [-0.4, -0.2) is 61.3 Å². The molecule has 8 nitrogen and oxygen atoms in total. The minimum Gasteiger partial charge on any atom is -0.444 e. The van der Waals surface area contributed by atoms with Gasteiger partial charge in [0.1, 0.15) is 29.4 Å². The molecular formula is C24H31FN6O2. The van der Waals surface area contributed by atoms with E-state index in [9.17, 15) is 9.18 Å². The highest BCUT2D eigenvalue weighted by atomic mass is 19.1. The second kappa shape index (κ2) is 8.61. The van der Waals surface area contributed by atoms with E-state index < -0.39 is 5.60 Å². The Labute approximate surface area is 193 Å². The predicted molar refractivity (Wildman–Crippen MR) is 125 cm³/mol. The molecule has 0 aromatic carbocycles. The molecule has 0 N–H and O–H groups in total. The molecule has 176 valence electrons. The summed E-state index contributed by atoms with van der Waals surface area (Å²) in [5.41, 5.74) is 1.20. The van der Waals surface area contributed by atoms with Crippen molar-refractivity contribution in [3.8, 4) is 5.82 Å². The summed E-state index contributed by atoms with van der Waals surface area (Å²) in [5.74, 6) is 0.936. The van der Waals surface area contributed by atoms with Crippen molar-refractivity contribution < 1.29 is 13.9 Å². The number of hydrogen-bond donors (Lipinski definition) is 0. The first kappa shape index (κ1) is 22.9. The highest BCUT2D eigenvalue weighted by Gasteiger charge is 2.36. The molecule has 0 unspecified atom stereocenters. The number of aromatic nitrogens is 4. The molecule has 1 fully saturated rings. The fraction of sp³-hybridized carbons (Fsp3) is 0.500. The number of ether oxygens (including phenoxy) is 1. The van der Waals surface area contributed by atoms with Gasteiger partial charge in [0.2, 0.25) is 0 Å². The van der Waals surface area contributed by atoms with Crippen molar-refractivity contribution in [2.75, 3.05) is 18.0 Å². The first-order valence-corrected chi connectivity index (χ1v) is 11.3. The lowest BCUT2D eigenvalue weighted by Crippen LogP contribution is -2.59. The minimum atomic E-state index is -0.542. The number of hydrogen-bond acceptors (Lipinski definition) is 6. The summed E-state index contributed by atoms with van der Waals surface area (Å²) in [7, 11) is 0. The number of carbonyl (C=O) groups excluding carboxylic acids is 1. The number of pyridine rings is 1. The molecule has 1 saturated heterocycles. The number of carbonyl (C=O) groups is 1. The number of piperazine rings is 1. The molecule has 4 heterocycles. The Balaban J connectivity index is 1.71. The molecule has 33 heavy (non-hydrogen) atoms. The zero-order valence-corrected chi connectivity index (χ0v) is 20.0. The fourth-order valence-electron chi connectivity index (χ4n) is 4.30. The maximum Gasteiger partial charge on any atom is 0.410 e. The SMILES string of the molecule is CCc1cn(-c2cc(F)ccn2)c2ncnc(N3C[C@@H](C)N(C(=O)OC(C)(C)C)C[C@@H]3C)c12. The van der Waals surface area contributed by atoms with Gasteiger partial charge in [0.15, 0.2) is 5.65 Å². The van der Waals surface area contributed by atoms with Gasteiger partial charge in [0, 0.05) is 43.6 Å². The van der Waals surface area contributed by atoms with Crippen LogP contribution in [0.1, 0.15) is 47.1 Å². The van der Waals surface area contributed by atoms with Crippen LogP contribution in [0.4, 0.5) is 15.0 Å². The lowest BCUT2D eigenvalue weighted by atomic mass is 10.1. The Hall–Kier alpha value is -3.23. The molecule has 2 atom stereocenters. The Morgan fingerprint density at radius 2 is 1.94 bits per heavy atom. The van der Waals surface area contributed by atoms with Crippen LogP contribution in [0.3, 0.4) is 0 Å². The Morgan fingerprint density at radius 3 is 2.61 bits per heavy atom. The number of fused-ring (bicyclic) bond motifs is 1. The van der Waals surface area contributed by atoms with Gasteiger partial charge in [-0.3, -0.25) is 4.57 Å². The Kier molecular flexibility index (Phi) is 5.99. The number of anilines is 1. The quantitative estimate of drug-likeness (QED) is 0.586. The summed E-state index contributed by atoms with van der Waals surface area (Å²) in [6.45, 7) is 12.9. The first-order chi connectivity index (χ1) is 15.6. The van der Waals surface area contributed by atoms with Gasteiger partial charge >= 0.3 is 6.09 Å². The molecule has 0 spiro atoms. The lowest BCUT2D eigenvalue weighted by Gasteiger charge is -2.44. The number of nitrogens with zero attached hydrogens (tertiary/aromatic N) is 6. The molecule has 0 bridgehead atoms. The van der Waals surface area contributed by atoms with Gasteiger partial charge in [0.05, 0.1) is 5.39 Å². The minimum absolute atomic E-state index is 0.0205. The van der Waals surface area contributed by atoms with E-state index in [-0.39, 0.29) is 24.0 Å². The molecule has 0 aliphatic carbocycles. The highest BCUT2D eigenvalue weighted by molar-refractivity contribution is 5.92. The van der Waals surface area contributed by atoms with Crippen molar-refractivity contribution in [1.29, 1.82) is 0 Å². The summed E-state index contributed by atoms with van der Waals surface area (Å²) in [6.07, 6.45) is 5.40. The van der Waals surface area contributed by atoms with Gasteiger partial charge in [-0.1, -0.05) is 6.92 Å². The summed E-state index contributed by atoms with van der Waals surface area (Å²) < 4.78 is 21.3. The molecule has 3 aromatic rings. The van der Waals surface area contributed by atoms with Crippen LogP contribution in [0.25, 0.3) is 16.9 Å². The molecule has 0 radical (unpaired) electrons. The van der Waals surface area contributed by atoms with E-state index in [4.69, 9.17) is 4.74 Å². The average Bonchev–Trinajstić information content (AvgIpc) is 3.13. The summed E-state index contributed by atoms with van der Waals surface area (Å²) >= 11 is 0. The number of aryl methyl sites for hydroxylation is 1. The largest absolute Gasteiger partial charge is 0.444 e. The number of halogens is 1. The molecule has 1 aliphatic rings. The number of amides is 1. The second-order valence-electron chi connectivity index (χ2n) is 9.59. The maximum absolute atomic E-state index is 13.9. The smallest absolute Gasteiger partial charge is 0.410 e. The van der Waals surface area contributed by atoms with Crippen LogP contribution in [0.5, 0.6) is 0 Å². The van der Waals surface area contributed by atoms with E-state index >= 15 is 0 Å². The third-order valence-corrected chi connectivity index (χ3v) is 5.86. The highest BCUT2D eigenvalue weighted by Crippen LogP contribution is 2.33. The Bertz CT molecular complexity index is 1170. The van der Waals surface area contributed by atoms with Gasteiger partial charge in [-0.2, -0.15) is 0 Å². The van der Waals surface area contributed by atoms with Crippen molar-refractivity contribution in [2.24, 2.45) is 0 Å². The van der Waals surface area contributed by atoms with Crippen molar-refractivity contribution in [3.63, 3.8) is 0 Å². The van der Waals surface area contributed by atoms with E-state index in [2.05, 4.69) is 33.7 Å². The van der Waals surface area contributed by atoms with Gasteiger partial charge in [-0.15, -0.1) is 0 Å². The van der Waals surface area contributed by atoms with Crippen LogP contribution < -0.4 is 4.90 Å². The molecule has 9 heteroatoms. The van der Waals surface area contributed by atoms with Gasteiger partial charge < -0.3 is 14.5 Å². The van der Waals surface area contributed by atoms with Gasteiger partial charge in [-0.05, 0) is 52.7 Å². The van der Waals surface area contributed by atoms with E-state index in [1.807, 2.05) is 38.5 Å². The summed E-state index contributed by atoms with van der Waals surface area (Å²) in [4.78, 5) is 30.2. The molecule has 1 aliphatic heterocycles. The monoisotopic (exact) mass is 454 g/mol. The van der Waals surface area contributed by atoms with Crippen LogP contribution in [0.15, 0.2) is 30.9 Å². The first-order valence-electron chi connectivity index (χ1n) is 11.3.